The van der Waals surface area contributed by atoms with Crippen molar-refractivity contribution in [2.75, 3.05) is 6.54 Å². The van der Waals surface area contributed by atoms with E-state index in [1.165, 1.54) is 35.2 Å². The highest BCUT2D eigenvalue weighted by molar-refractivity contribution is 6.01. The van der Waals surface area contributed by atoms with Gasteiger partial charge in [-0.25, -0.2) is 0 Å². The Balaban J connectivity index is 3.26. The average molecular weight is 384 g/mol. The van der Waals surface area contributed by atoms with Crippen LogP contribution in [-0.4, -0.2) is 12.3 Å². The summed E-state index contributed by atoms with van der Waals surface area (Å²) in [5.74, 6) is 1.37. The molecule has 158 valence electrons. The van der Waals surface area contributed by atoms with Crippen molar-refractivity contribution in [3.05, 3.63) is 47.5 Å². The van der Waals surface area contributed by atoms with Gasteiger partial charge < -0.3 is 0 Å². The molecule has 0 spiro atoms. The van der Waals surface area contributed by atoms with Crippen LogP contribution in [0.25, 0.3) is 0 Å². The minimum Gasteiger partial charge on any atom is -0.289 e. The van der Waals surface area contributed by atoms with E-state index in [1.54, 1.807) is 0 Å². The molecule has 0 aliphatic rings. The van der Waals surface area contributed by atoms with E-state index in [0.29, 0.717) is 5.92 Å². The molecule has 2 atom stereocenters. The summed E-state index contributed by atoms with van der Waals surface area (Å²) in [6, 6.07) is 7.17. The maximum atomic E-state index is 4.96. The highest BCUT2D eigenvalue weighted by atomic mass is 14.7. The SMILES string of the molecule is C=CCC(CC)CC(C)CC(=NCC)c1cc(C(C)(C)C)cc(C(C)(C)C)c1. The summed E-state index contributed by atoms with van der Waals surface area (Å²) in [6.45, 7) is 25.4. The first kappa shape index (κ1) is 24.7. The van der Waals surface area contributed by atoms with Crippen molar-refractivity contribution >= 4 is 5.71 Å². The lowest BCUT2D eigenvalue weighted by atomic mass is 9.78. The number of allylic oxidation sites excluding steroid dienone is 1. The zero-order valence-electron chi connectivity index (χ0n) is 20.2. The Kier molecular flexibility index (Phi) is 9.18. The number of benzene rings is 1. The van der Waals surface area contributed by atoms with E-state index in [4.69, 9.17) is 4.99 Å². The van der Waals surface area contributed by atoms with Crippen LogP contribution in [0.3, 0.4) is 0 Å². The largest absolute Gasteiger partial charge is 0.289 e. The lowest BCUT2D eigenvalue weighted by Gasteiger charge is -2.27. The summed E-state index contributed by atoms with van der Waals surface area (Å²) in [7, 11) is 0. The number of hydrogen-bond acceptors (Lipinski definition) is 1. The monoisotopic (exact) mass is 383 g/mol. The lowest BCUT2D eigenvalue weighted by Crippen LogP contribution is -2.19. The van der Waals surface area contributed by atoms with Crippen molar-refractivity contribution < 1.29 is 0 Å². The van der Waals surface area contributed by atoms with Gasteiger partial charge in [0.25, 0.3) is 0 Å². The first-order chi connectivity index (χ1) is 12.9. The van der Waals surface area contributed by atoms with Crippen molar-refractivity contribution in [2.45, 2.75) is 98.8 Å². The molecule has 0 heterocycles. The zero-order chi connectivity index (χ0) is 21.5. The van der Waals surface area contributed by atoms with Gasteiger partial charge in [-0.1, -0.05) is 74.0 Å². The molecule has 0 aliphatic carbocycles. The van der Waals surface area contributed by atoms with Crippen LogP contribution in [0.15, 0.2) is 35.8 Å². The Labute approximate surface area is 175 Å². The van der Waals surface area contributed by atoms with Crippen LogP contribution < -0.4 is 0 Å². The van der Waals surface area contributed by atoms with Gasteiger partial charge in [-0.05, 0) is 77.7 Å². The molecule has 28 heavy (non-hydrogen) atoms. The number of rotatable bonds is 9. The summed E-state index contributed by atoms with van der Waals surface area (Å²) in [5.41, 5.74) is 5.68. The van der Waals surface area contributed by atoms with Crippen molar-refractivity contribution in [3.8, 4) is 0 Å². The second kappa shape index (κ2) is 10.4. The van der Waals surface area contributed by atoms with E-state index >= 15 is 0 Å². The molecule has 1 nitrogen and oxygen atoms in total. The van der Waals surface area contributed by atoms with E-state index in [-0.39, 0.29) is 10.8 Å². The highest BCUT2D eigenvalue weighted by Crippen LogP contribution is 2.32. The molecule has 2 unspecified atom stereocenters. The first-order valence-electron chi connectivity index (χ1n) is 11.2. The van der Waals surface area contributed by atoms with E-state index in [0.717, 1.165) is 25.3 Å². The molecule has 1 aromatic rings. The molecule has 0 saturated carbocycles. The Morgan fingerprint density at radius 1 is 1.00 bits per heavy atom. The van der Waals surface area contributed by atoms with Gasteiger partial charge in [-0.3, -0.25) is 4.99 Å². The molecule has 0 fully saturated rings. The molecule has 1 heteroatoms. The predicted molar refractivity (Wildman–Crippen MR) is 128 cm³/mol. The Hall–Kier alpha value is -1.37. The molecule has 0 radical (unpaired) electrons. The summed E-state index contributed by atoms with van der Waals surface area (Å²) in [5, 5.41) is 0. The zero-order valence-corrected chi connectivity index (χ0v) is 20.2. The predicted octanol–water partition coefficient (Wildman–Crippen LogP) is 8.11. The summed E-state index contributed by atoms with van der Waals surface area (Å²) in [6.07, 6.45) is 6.72. The molecule has 0 saturated heterocycles. The fraction of sp³-hybridized carbons (Fsp3) is 0.667. The van der Waals surface area contributed by atoms with Crippen LogP contribution >= 0.6 is 0 Å². The van der Waals surface area contributed by atoms with Crippen LogP contribution in [0.4, 0.5) is 0 Å². The van der Waals surface area contributed by atoms with Crippen molar-refractivity contribution in [2.24, 2.45) is 16.8 Å². The van der Waals surface area contributed by atoms with Gasteiger partial charge in [0.05, 0.1) is 0 Å². The van der Waals surface area contributed by atoms with Crippen LogP contribution in [0.1, 0.15) is 105 Å². The van der Waals surface area contributed by atoms with E-state index < -0.39 is 0 Å². The van der Waals surface area contributed by atoms with Crippen molar-refractivity contribution in [3.63, 3.8) is 0 Å². The van der Waals surface area contributed by atoms with Crippen molar-refractivity contribution in [1.82, 2.24) is 0 Å². The molecular formula is C27H45N. The Bertz CT molecular complexity index is 620. The van der Waals surface area contributed by atoms with Gasteiger partial charge in [0, 0.05) is 12.3 Å². The Morgan fingerprint density at radius 2 is 1.54 bits per heavy atom. The topological polar surface area (TPSA) is 12.4 Å². The van der Waals surface area contributed by atoms with Gasteiger partial charge in [-0.15, -0.1) is 6.58 Å². The molecule has 0 N–H and O–H groups in total. The second-order valence-electron chi connectivity index (χ2n) is 10.6. The van der Waals surface area contributed by atoms with Crippen LogP contribution in [0.2, 0.25) is 0 Å². The first-order valence-corrected chi connectivity index (χ1v) is 11.2. The molecule has 0 aromatic heterocycles. The second-order valence-corrected chi connectivity index (χ2v) is 10.6. The maximum absolute atomic E-state index is 4.96. The fourth-order valence-corrected chi connectivity index (χ4v) is 3.77. The number of aliphatic imine (C=N–C) groups is 1. The molecule has 0 amide bonds. The van der Waals surface area contributed by atoms with Gasteiger partial charge in [0.15, 0.2) is 0 Å². The third-order valence-corrected chi connectivity index (χ3v) is 5.70. The molecule has 0 aliphatic heterocycles. The third-order valence-electron chi connectivity index (χ3n) is 5.70. The van der Waals surface area contributed by atoms with Gasteiger partial charge in [0.2, 0.25) is 0 Å². The number of hydrogen-bond donors (Lipinski definition) is 0. The minimum absolute atomic E-state index is 0.135. The van der Waals surface area contributed by atoms with Crippen LogP contribution in [-0.2, 0) is 10.8 Å². The maximum Gasteiger partial charge on any atom is 0.0423 e. The quantitative estimate of drug-likeness (QED) is 0.301. The Morgan fingerprint density at radius 3 is 1.93 bits per heavy atom. The lowest BCUT2D eigenvalue weighted by molar-refractivity contribution is 0.390. The average Bonchev–Trinajstić information content (AvgIpc) is 2.59. The van der Waals surface area contributed by atoms with E-state index in [1.807, 2.05) is 0 Å². The van der Waals surface area contributed by atoms with Gasteiger partial charge >= 0.3 is 0 Å². The summed E-state index contributed by atoms with van der Waals surface area (Å²) < 4.78 is 0. The highest BCUT2D eigenvalue weighted by Gasteiger charge is 2.22. The fourth-order valence-electron chi connectivity index (χ4n) is 3.77. The normalized spacial score (nSPS) is 15.4. The van der Waals surface area contributed by atoms with Gasteiger partial charge in [-0.2, -0.15) is 0 Å². The van der Waals surface area contributed by atoms with Gasteiger partial charge in [0.1, 0.15) is 0 Å². The summed E-state index contributed by atoms with van der Waals surface area (Å²) >= 11 is 0. The smallest absolute Gasteiger partial charge is 0.0423 e. The van der Waals surface area contributed by atoms with Crippen LogP contribution in [0, 0.1) is 11.8 Å². The minimum atomic E-state index is 0.135. The third kappa shape index (κ3) is 7.57. The standard InChI is InChI=1S/C27H45N/c1-11-14-21(12-2)15-20(4)16-25(28-13-3)22-17-23(26(5,6)7)19-24(18-22)27(8,9)10/h11,17-21H,1,12-16H2,2-10H3. The molecule has 1 aromatic carbocycles. The summed E-state index contributed by atoms with van der Waals surface area (Å²) in [4.78, 5) is 4.96. The molecule has 1 rings (SSSR count). The van der Waals surface area contributed by atoms with Crippen LogP contribution in [0.5, 0.6) is 0 Å². The van der Waals surface area contributed by atoms with E-state index in [2.05, 4.69) is 93.2 Å². The number of nitrogens with zero attached hydrogens (tertiary/aromatic N) is 1. The molecule has 0 bridgehead atoms. The van der Waals surface area contributed by atoms with E-state index in [9.17, 15) is 0 Å². The molecular weight excluding hydrogens is 338 g/mol. The van der Waals surface area contributed by atoms with Crippen molar-refractivity contribution in [1.29, 1.82) is 0 Å².